The number of rotatable bonds is 13. The smallest absolute Gasteiger partial charge is 0.337 e. The van der Waals surface area contributed by atoms with E-state index in [0.717, 1.165) is 17.5 Å². The number of guanidine groups is 1. The summed E-state index contributed by atoms with van der Waals surface area (Å²) in [6.07, 6.45) is 0.674. The fourth-order valence-electron chi connectivity index (χ4n) is 2.98. The number of nitrogens with zero attached hydrogens (tertiary/aromatic N) is 1. The number of ether oxygens (including phenoxy) is 4. The van der Waals surface area contributed by atoms with Crippen molar-refractivity contribution in [1.82, 2.24) is 0 Å². The van der Waals surface area contributed by atoms with Gasteiger partial charge in [0.1, 0.15) is 17.8 Å². The Morgan fingerprint density at radius 3 is 2.14 bits per heavy atom. The lowest BCUT2D eigenvalue weighted by Gasteiger charge is -2.30. The molecule has 0 aliphatic rings. The average molecular weight is 514 g/mol. The highest BCUT2D eigenvalue weighted by Crippen LogP contribution is 2.26. The van der Waals surface area contributed by atoms with E-state index in [-0.39, 0.29) is 31.9 Å². The number of carbonyl (C=O) groups is 2. The van der Waals surface area contributed by atoms with Gasteiger partial charge in [0.25, 0.3) is 0 Å². The third-order valence-corrected chi connectivity index (χ3v) is 5.79. The van der Waals surface area contributed by atoms with E-state index in [0.29, 0.717) is 11.4 Å². The Balaban J connectivity index is 2.07. The Hall–Kier alpha value is -3.43. The van der Waals surface area contributed by atoms with E-state index < -0.39 is 23.0 Å². The van der Waals surface area contributed by atoms with Gasteiger partial charge in [-0.25, -0.2) is 9.79 Å². The van der Waals surface area contributed by atoms with Gasteiger partial charge in [-0.3, -0.25) is 4.79 Å². The van der Waals surface area contributed by atoms with Crippen LogP contribution >= 0.6 is 0 Å². The van der Waals surface area contributed by atoms with Gasteiger partial charge >= 0.3 is 11.9 Å². The molecule has 0 aromatic heterocycles. The first-order chi connectivity index (χ1) is 17.3. The lowest BCUT2D eigenvalue weighted by molar-refractivity contribution is -0.178. The lowest BCUT2D eigenvalue weighted by Crippen LogP contribution is -2.44. The minimum atomic E-state index is -1.26. The summed E-state index contributed by atoms with van der Waals surface area (Å²) >= 11 is 0. The molecule has 37 heavy (non-hydrogen) atoms. The highest BCUT2D eigenvalue weighted by Gasteiger charge is 2.40. The van der Waals surface area contributed by atoms with Crippen molar-refractivity contribution in [3.8, 4) is 5.75 Å². The molecule has 9 nitrogen and oxygen atoms in total. The zero-order valence-corrected chi connectivity index (χ0v) is 22.6. The molecule has 2 unspecified atom stereocenters. The zero-order chi connectivity index (χ0) is 27.6. The number of hydrogen-bond acceptors (Lipinski definition) is 7. The zero-order valence-electron chi connectivity index (χ0n) is 22.6. The Labute approximate surface area is 219 Å². The molecular weight excluding hydrogens is 474 g/mol. The maximum atomic E-state index is 13.2. The average Bonchev–Trinajstić information content (AvgIpc) is 2.86. The predicted octanol–water partition coefficient (Wildman–Crippen LogP) is 4.17. The SMILES string of the molecule is CCC(C)OCC(C)(COC(=O)C(C)(C)OCc1ccc(C)cc1)C(=O)Oc1ccc(N=C(N)N)cc1. The molecule has 2 rings (SSSR count). The molecule has 0 aliphatic heterocycles. The van der Waals surface area contributed by atoms with Gasteiger partial charge in [0.15, 0.2) is 11.6 Å². The van der Waals surface area contributed by atoms with E-state index in [4.69, 9.17) is 30.4 Å². The molecule has 0 spiro atoms. The second-order valence-electron chi connectivity index (χ2n) is 9.87. The minimum Gasteiger partial charge on any atom is -0.462 e. The number of benzene rings is 2. The summed E-state index contributed by atoms with van der Waals surface area (Å²) in [7, 11) is 0. The first kappa shape index (κ1) is 29.8. The molecule has 2 aromatic carbocycles. The number of nitrogens with two attached hydrogens (primary N) is 2. The van der Waals surface area contributed by atoms with Crippen LogP contribution in [0.15, 0.2) is 53.5 Å². The van der Waals surface area contributed by atoms with Gasteiger partial charge in [-0.2, -0.15) is 0 Å². The Morgan fingerprint density at radius 2 is 1.57 bits per heavy atom. The van der Waals surface area contributed by atoms with Crippen LogP contribution in [0.1, 0.15) is 52.2 Å². The third kappa shape index (κ3) is 9.51. The van der Waals surface area contributed by atoms with Crippen molar-refractivity contribution in [2.24, 2.45) is 21.9 Å². The van der Waals surface area contributed by atoms with Gasteiger partial charge in [-0.1, -0.05) is 36.8 Å². The van der Waals surface area contributed by atoms with Crippen molar-refractivity contribution in [2.45, 2.75) is 66.3 Å². The van der Waals surface area contributed by atoms with Crippen molar-refractivity contribution in [2.75, 3.05) is 13.2 Å². The van der Waals surface area contributed by atoms with Gasteiger partial charge in [0.2, 0.25) is 0 Å². The van der Waals surface area contributed by atoms with E-state index in [9.17, 15) is 9.59 Å². The number of aryl methyl sites for hydroxylation is 1. The van der Waals surface area contributed by atoms with E-state index in [1.165, 1.54) is 0 Å². The Morgan fingerprint density at radius 1 is 0.946 bits per heavy atom. The molecule has 0 radical (unpaired) electrons. The summed E-state index contributed by atoms with van der Waals surface area (Å²) in [5.74, 6) is -0.977. The van der Waals surface area contributed by atoms with E-state index >= 15 is 0 Å². The Bertz CT molecular complexity index is 1060. The summed E-state index contributed by atoms with van der Waals surface area (Å²) in [6.45, 7) is 10.8. The summed E-state index contributed by atoms with van der Waals surface area (Å²) in [4.78, 5) is 30.1. The van der Waals surface area contributed by atoms with Crippen LogP contribution < -0.4 is 16.2 Å². The maximum absolute atomic E-state index is 13.2. The quantitative estimate of drug-likeness (QED) is 0.176. The van der Waals surface area contributed by atoms with Crippen molar-refractivity contribution in [1.29, 1.82) is 0 Å². The van der Waals surface area contributed by atoms with Gasteiger partial charge in [0.05, 0.1) is 25.0 Å². The molecule has 0 amide bonds. The molecular formula is C28H39N3O6. The summed E-state index contributed by atoms with van der Waals surface area (Å²) in [5.41, 5.74) is 10.9. The van der Waals surface area contributed by atoms with E-state index in [2.05, 4.69) is 4.99 Å². The number of aliphatic imine (C=N–C) groups is 1. The standard InChI is InChI=1S/C28H39N3O6/c1-7-20(3)34-17-28(6,25(33)37-23-14-12-22(13-15-23)31-26(29)30)18-35-24(32)27(4,5)36-16-21-10-8-19(2)9-11-21/h8-15,20H,7,16-18H2,1-6H3,(H4,29,30,31). The molecule has 0 heterocycles. The highest BCUT2D eigenvalue weighted by atomic mass is 16.6. The molecule has 9 heteroatoms. The minimum absolute atomic E-state index is 0.00482. The van der Waals surface area contributed by atoms with E-state index in [1.54, 1.807) is 45.0 Å². The molecule has 2 aromatic rings. The second-order valence-corrected chi connectivity index (χ2v) is 9.87. The fourth-order valence-corrected chi connectivity index (χ4v) is 2.98. The Kier molecular flexibility index (Phi) is 10.6. The lowest BCUT2D eigenvalue weighted by atomic mass is 9.92. The van der Waals surface area contributed by atoms with Crippen LogP contribution in [0.25, 0.3) is 0 Å². The highest BCUT2D eigenvalue weighted by molar-refractivity contribution is 5.82. The molecule has 0 aliphatic carbocycles. The maximum Gasteiger partial charge on any atom is 0.337 e. The molecule has 0 saturated heterocycles. The molecule has 0 fully saturated rings. The summed E-state index contributed by atoms with van der Waals surface area (Å²) in [5, 5.41) is 0. The summed E-state index contributed by atoms with van der Waals surface area (Å²) < 4.78 is 22.8. The van der Waals surface area contributed by atoms with Crippen LogP contribution in [0.3, 0.4) is 0 Å². The van der Waals surface area contributed by atoms with Crippen LogP contribution in [0.5, 0.6) is 5.75 Å². The molecule has 0 saturated carbocycles. The first-order valence-electron chi connectivity index (χ1n) is 12.2. The van der Waals surface area contributed by atoms with E-state index in [1.807, 2.05) is 45.0 Å². The number of carbonyl (C=O) groups excluding carboxylic acids is 2. The molecule has 0 bridgehead atoms. The fraction of sp³-hybridized carbons (Fsp3) is 0.464. The predicted molar refractivity (Wildman–Crippen MR) is 142 cm³/mol. The molecule has 202 valence electrons. The first-order valence-corrected chi connectivity index (χ1v) is 12.2. The van der Waals surface area contributed by atoms with Gasteiger partial charge in [-0.05, 0) is 70.9 Å². The monoisotopic (exact) mass is 513 g/mol. The van der Waals surface area contributed by atoms with Gasteiger partial charge < -0.3 is 30.4 Å². The number of hydrogen-bond donors (Lipinski definition) is 2. The van der Waals surface area contributed by atoms with Gasteiger partial charge in [0, 0.05) is 0 Å². The summed E-state index contributed by atoms with van der Waals surface area (Å²) in [6, 6.07) is 14.2. The van der Waals surface area contributed by atoms with Crippen LogP contribution in [0, 0.1) is 12.3 Å². The van der Waals surface area contributed by atoms with Crippen molar-refractivity contribution in [3.63, 3.8) is 0 Å². The topological polar surface area (TPSA) is 135 Å². The molecule has 2 atom stereocenters. The number of esters is 2. The van der Waals surface area contributed by atoms with Crippen molar-refractivity contribution >= 4 is 23.6 Å². The van der Waals surface area contributed by atoms with Gasteiger partial charge in [-0.15, -0.1) is 0 Å². The largest absolute Gasteiger partial charge is 0.462 e. The van der Waals surface area contributed by atoms with Crippen LogP contribution in [0.4, 0.5) is 5.69 Å². The molecule has 4 N–H and O–H groups in total. The van der Waals surface area contributed by atoms with Crippen molar-refractivity contribution in [3.05, 3.63) is 59.7 Å². The third-order valence-electron chi connectivity index (χ3n) is 5.79. The van der Waals surface area contributed by atoms with Crippen LogP contribution in [-0.4, -0.2) is 42.8 Å². The normalized spacial score (nSPS) is 13.8. The van der Waals surface area contributed by atoms with Crippen LogP contribution in [0.2, 0.25) is 0 Å². The second kappa shape index (κ2) is 13.2. The van der Waals surface area contributed by atoms with Crippen LogP contribution in [-0.2, 0) is 30.4 Å². The van der Waals surface area contributed by atoms with Crippen molar-refractivity contribution < 1.29 is 28.5 Å².